The second-order valence-electron chi connectivity index (χ2n) is 7.74. The van der Waals surface area contributed by atoms with Gasteiger partial charge in [0.15, 0.2) is 11.5 Å². The van der Waals surface area contributed by atoms with Crippen LogP contribution in [0.1, 0.15) is 23.7 Å². The molecule has 3 aromatic rings. The van der Waals surface area contributed by atoms with Crippen LogP contribution in [-0.2, 0) is 20.9 Å². The molecular weight excluding hydrogens is 412 g/mol. The van der Waals surface area contributed by atoms with Crippen molar-refractivity contribution in [1.82, 2.24) is 9.78 Å². The van der Waals surface area contributed by atoms with Crippen LogP contribution >= 0.6 is 0 Å². The Balaban J connectivity index is 1.40. The number of nitrogens with zero attached hydrogens (tertiary/aromatic N) is 2. The maximum Gasteiger partial charge on any atom is 0.251 e. The molecule has 2 amide bonds. The van der Waals surface area contributed by atoms with Gasteiger partial charge in [-0.3, -0.25) is 9.59 Å². The number of carbonyl (C=O) groups excluding carboxylic acids is 2. The Morgan fingerprint density at radius 1 is 1.22 bits per heavy atom. The zero-order chi connectivity index (χ0) is 22.2. The SMILES string of the molecule is COCc1nn2c(c1-c1ccc(C)cc1)NC(=O)C2CC(=O)Nc1ccc2c(c1)OCO2. The Kier molecular flexibility index (Phi) is 5.02. The van der Waals surface area contributed by atoms with Crippen molar-refractivity contribution >= 4 is 23.3 Å². The monoisotopic (exact) mass is 434 g/mol. The number of amides is 2. The molecule has 0 saturated carbocycles. The lowest BCUT2D eigenvalue weighted by Crippen LogP contribution is -2.24. The minimum absolute atomic E-state index is 0.0608. The van der Waals surface area contributed by atoms with Gasteiger partial charge in [0.05, 0.1) is 18.7 Å². The van der Waals surface area contributed by atoms with Crippen LogP contribution in [-0.4, -0.2) is 35.5 Å². The number of fused-ring (bicyclic) bond motifs is 2. The first-order valence-electron chi connectivity index (χ1n) is 10.2. The van der Waals surface area contributed by atoms with E-state index in [1.54, 1.807) is 30.0 Å². The lowest BCUT2D eigenvalue weighted by Gasteiger charge is -2.10. The summed E-state index contributed by atoms with van der Waals surface area (Å²) in [7, 11) is 1.60. The van der Waals surface area contributed by atoms with Gasteiger partial charge in [-0.1, -0.05) is 29.8 Å². The molecule has 3 heterocycles. The highest BCUT2D eigenvalue weighted by molar-refractivity contribution is 6.04. The van der Waals surface area contributed by atoms with E-state index in [-0.39, 0.29) is 31.6 Å². The summed E-state index contributed by atoms with van der Waals surface area (Å²) in [5.74, 6) is 1.20. The molecule has 9 nitrogen and oxygen atoms in total. The van der Waals surface area contributed by atoms with E-state index in [0.717, 1.165) is 16.7 Å². The summed E-state index contributed by atoms with van der Waals surface area (Å²) >= 11 is 0. The van der Waals surface area contributed by atoms with Gasteiger partial charge in [-0.15, -0.1) is 0 Å². The number of benzene rings is 2. The molecule has 164 valence electrons. The zero-order valence-electron chi connectivity index (χ0n) is 17.7. The number of nitrogens with one attached hydrogen (secondary N) is 2. The molecule has 0 fully saturated rings. The normalized spacial score (nSPS) is 16.1. The summed E-state index contributed by atoms with van der Waals surface area (Å²) < 4.78 is 17.5. The molecule has 2 aliphatic heterocycles. The molecule has 0 bridgehead atoms. The molecule has 1 atom stereocenters. The van der Waals surface area contributed by atoms with E-state index < -0.39 is 6.04 Å². The first-order valence-corrected chi connectivity index (χ1v) is 10.2. The third-order valence-corrected chi connectivity index (χ3v) is 5.48. The van der Waals surface area contributed by atoms with Crippen molar-refractivity contribution in [1.29, 1.82) is 0 Å². The van der Waals surface area contributed by atoms with Crippen LogP contribution in [0.3, 0.4) is 0 Å². The molecule has 0 saturated heterocycles. The summed E-state index contributed by atoms with van der Waals surface area (Å²) in [5, 5.41) is 10.3. The maximum atomic E-state index is 12.7. The quantitative estimate of drug-likeness (QED) is 0.617. The van der Waals surface area contributed by atoms with Crippen molar-refractivity contribution in [3.8, 4) is 22.6 Å². The van der Waals surface area contributed by atoms with E-state index in [2.05, 4.69) is 15.7 Å². The average Bonchev–Trinajstić information content (AvgIpc) is 3.44. The topological polar surface area (TPSA) is 104 Å². The largest absolute Gasteiger partial charge is 0.454 e. The van der Waals surface area contributed by atoms with Crippen LogP contribution in [0, 0.1) is 6.92 Å². The minimum atomic E-state index is -0.756. The Bertz CT molecular complexity index is 1200. The first kappa shape index (κ1) is 20.1. The highest BCUT2D eigenvalue weighted by atomic mass is 16.7. The van der Waals surface area contributed by atoms with Gasteiger partial charge in [-0.05, 0) is 24.6 Å². The predicted molar refractivity (Wildman–Crippen MR) is 117 cm³/mol. The van der Waals surface area contributed by atoms with Gasteiger partial charge in [0.2, 0.25) is 12.7 Å². The van der Waals surface area contributed by atoms with Gasteiger partial charge in [-0.25, -0.2) is 4.68 Å². The summed E-state index contributed by atoms with van der Waals surface area (Å²) in [6.45, 7) is 2.46. The van der Waals surface area contributed by atoms with Crippen molar-refractivity contribution in [2.45, 2.75) is 26.0 Å². The van der Waals surface area contributed by atoms with E-state index in [4.69, 9.17) is 14.2 Å². The van der Waals surface area contributed by atoms with Crippen LogP contribution < -0.4 is 20.1 Å². The fourth-order valence-corrected chi connectivity index (χ4v) is 3.94. The molecule has 2 N–H and O–H groups in total. The molecular formula is C23H22N4O5. The minimum Gasteiger partial charge on any atom is -0.454 e. The standard InChI is InChI=1S/C23H22N4O5/c1-13-3-5-14(6-4-13)21-16(11-30-2)26-27-17(23(29)25-22(21)27)10-20(28)24-15-7-8-18-19(9-15)32-12-31-18/h3-9,17H,10-12H2,1-2H3,(H,24,28)(H,25,29). The van der Waals surface area contributed by atoms with Crippen LogP contribution in [0.5, 0.6) is 11.5 Å². The van der Waals surface area contributed by atoms with Crippen molar-refractivity contribution in [2.24, 2.45) is 0 Å². The smallest absolute Gasteiger partial charge is 0.251 e. The second kappa shape index (κ2) is 8.01. The third kappa shape index (κ3) is 3.56. The number of aromatic nitrogens is 2. The fraction of sp³-hybridized carbons (Fsp3) is 0.261. The van der Waals surface area contributed by atoms with Crippen LogP contribution in [0.25, 0.3) is 11.1 Å². The summed E-state index contributed by atoms with van der Waals surface area (Å²) in [6, 6.07) is 12.4. The van der Waals surface area contributed by atoms with E-state index >= 15 is 0 Å². The number of anilines is 2. The Labute approximate surface area is 184 Å². The van der Waals surface area contributed by atoms with E-state index in [0.29, 0.717) is 28.7 Å². The molecule has 1 unspecified atom stereocenters. The van der Waals surface area contributed by atoms with E-state index in [1.165, 1.54) is 0 Å². The third-order valence-electron chi connectivity index (χ3n) is 5.48. The Hall–Kier alpha value is -3.85. The molecule has 0 radical (unpaired) electrons. The number of rotatable bonds is 6. The predicted octanol–water partition coefficient (Wildman–Crippen LogP) is 3.26. The molecule has 0 spiro atoms. The molecule has 2 aromatic carbocycles. The number of aryl methyl sites for hydroxylation is 1. The number of ether oxygens (including phenoxy) is 3. The molecule has 5 rings (SSSR count). The van der Waals surface area contributed by atoms with Crippen LogP contribution in [0.2, 0.25) is 0 Å². The molecule has 32 heavy (non-hydrogen) atoms. The van der Waals surface area contributed by atoms with Crippen molar-refractivity contribution < 1.29 is 23.8 Å². The summed E-state index contributed by atoms with van der Waals surface area (Å²) in [6.07, 6.45) is -0.0608. The molecule has 0 aliphatic carbocycles. The van der Waals surface area contributed by atoms with Gasteiger partial charge in [0.1, 0.15) is 11.9 Å². The Morgan fingerprint density at radius 2 is 2.00 bits per heavy atom. The number of hydrogen-bond acceptors (Lipinski definition) is 6. The van der Waals surface area contributed by atoms with Gasteiger partial charge >= 0.3 is 0 Å². The summed E-state index contributed by atoms with van der Waals surface area (Å²) in [4.78, 5) is 25.4. The van der Waals surface area contributed by atoms with Crippen LogP contribution in [0.4, 0.5) is 11.5 Å². The highest BCUT2D eigenvalue weighted by Crippen LogP contribution is 2.39. The number of hydrogen-bond donors (Lipinski definition) is 2. The first-order chi connectivity index (χ1) is 15.5. The average molecular weight is 434 g/mol. The molecule has 1 aromatic heterocycles. The lowest BCUT2D eigenvalue weighted by molar-refractivity contribution is -0.123. The fourth-order valence-electron chi connectivity index (χ4n) is 3.94. The lowest BCUT2D eigenvalue weighted by atomic mass is 10.0. The number of methoxy groups -OCH3 is 1. The maximum absolute atomic E-state index is 12.7. The number of carbonyl (C=O) groups is 2. The van der Waals surface area contributed by atoms with E-state index in [1.807, 2.05) is 31.2 Å². The van der Waals surface area contributed by atoms with Crippen LogP contribution in [0.15, 0.2) is 42.5 Å². The van der Waals surface area contributed by atoms with Gasteiger partial charge in [0.25, 0.3) is 5.91 Å². The van der Waals surface area contributed by atoms with Gasteiger partial charge in [-0.2, -0.15) is 5.10 Å². The highest BCUT2D eigenvalue weighted by Gasteiger charge is 2.37. The second-order valence-corrected chi connectivity index (χ2v) is 7.74. The Morgan fingerprint density at radius 3 is 2.78 bits per heavy atom. The van der Waals surface area contributed by atoms with Crippen molar-refractivity contribution in [3.05, 3.63) is 53.7 Å². The van der Waals surface area contributed by atoms with Crippen molar-refractivity contribution in [2.75, 3.05) is 24.5 Å². The molecule has 2 aliphatic rings. The van der Waals surface area contributed by atoms with Gasteiger partial charge < -0.3 is 24.8 Å². The zero-order valence-corrected chi connectivity index (χ0v) is 17.7. The molecule has 9 heteroatoms. The van der Waals surface area contributed by atoms with Crippen molar-refractivity contribution in [3.63, 3.8) is 0 Å². The summed E-state index contributed by atoms with van der Waals surface area (Å²) in [5.41, 5.74) is 4.13. The van der Waals surface area contributed by atoms with Gasteiger partial charge in [0, 0.05) is 24.4 Å². The van der Waals surface area contributed by atoms with E-state index in [9.17, 15) is 9.59 Å².